The fourth-order valence-electron chi connectivity index (χ4n) is 4.86. The summed E-state index contributed by atoms with van der Waals surface area (Å²) in [4.78, 5) is 34.8. The molecular formula is C25H26Cl2N2O7. The van der Waals surface area contributed by atoms with Crippen molar-refractivity contribution in [1.82, 2.24) is 10.6 Å². The second kappa shape index (κ2) is 11.3. The molecule has 4 rings (SSSR count). The fourth-order valence-corrected chi connectivity index (χ4v) is 5.47. The van der Waals surface area contributed by atoms with Gasteiger partial charge in [-0.25, -0.2) is 4.79 Å². The van der Waals surface area contributed by atoms with Crippen LogP contribution in [0.2, 0.25) is 10.0 Å². The zero-order valence-corrected chi connectivity index (χ0v) is 20.8. The van der Waals surface area contributed by atoms with Crippen molar-refractivity contribution in [3.8, 4) is 17.2 Å². The van der Waals surface area contributed by atoms with Crippen LogP contribution in [0.25, 0.3) is 0 Å². The number of alkyl carbamates (subject to hydrolysis) is 1. The van der Waals surface area contributed by atoms with Gasteiger partial charge in [0.25, 0.3) is 5.91 Å². The highest BCUT2D eigenvalue weighted by Crippen LogP contribution is 2.44. The highest BCUT2D eigenvalue weighted by molar-refractivity contribution is 6.37. The van der Waals surface area contributed by atoms with E-state index in [9.17, 15) is 19.5 Å². The average molecular weight is 537 g/mol. The number of benzene rings is 2. The molecule has 2 fully saturated rings. The molecule has 2 aromatic rings. The van der Waals surface area contributed by atoms with E-state index >= 15 is 0 Å². The molecule has 0 heterocycles. The Morgan fingerprint density at radius 2 is 1.81 bits per heavy atom. The zero-order chi connectivity index (χ0) is 25.8. The third-order valence-corrected chi connectivity index (χ3v) is 7.11. The largest absolute Gasteiger partial charge is 0.507 e. The lowest BCUT2D eigenvalue weighted by atomic mass is 9.95. The van der Waals surface area contributed by atoms with E-state index in [1.165, 1.54) is 24.6 Å². The number of carbonyl (C=O) groups is 3. The number of fused-ring (bicyclic) bond motifs is 2. The van der Waals surface area contributed by atoms with E-state index in [2.05, 4.69) is 10.6 Å². The number of rotatable bonds is 9. The van der Waals surface area contributed by atoms with Crippen LogP contribution in [0.5, 0.6) is 17.2 Å². The van der Waals surface area contributed by atoms with E-state index in [1.807, 2.05) is 0 Å². The van der Waals surface area contributed by atoms with Crippen molar-refractivity contribution in [3.05, 3.63) is 51.5 Å². The van der Waals surface area contributed by atoms with Crippen molar-refractivity contribution in [3.63, 3.8) is 0 Å². The molecule has 192 valence electrons. The summed E-state index contributed by atoms with van der Waals surface area (Å²) in [6, 6.07) is 7.67. The summed E-state index contributed by atoms with van der Waals surface area (Å²) in [6.45, 7) is -0.554. The maximum atomic E-state index is 12.9. The van der Waals surface area contributed by atoms with Crippen molar-refractivity contribution >= 4 is 41.2 Å². The maximum Gasteiger partial charge on any atom is 0.407 e. The van der Waals surface area contributed by atoms with Crippen LogP contribution in [-0.2, 0) is 16.0 Å². The molecule has 11 heteroatoms. The topological polar surface area (TPSA) is 134 Å². The second-order valence-electron chi connectivity index (χ2n) is 9.06. The number of aromatic hydroxyl groups is 1. The molecule has 3 unspecified atom stereocenters. The Kier molecular flexibility index (Phi) is 8.11. The van der Waals surface area contributed by atoms with Gasteiger partial charge in [-0.05, 0) is 67.0 Å². The van der Waals surface area contributed by atoms with Gasteiger partial charge in [-0.1, -0.05) is 29.6 Å². The first-order chi connectivity index (χ1) is 17.2. The number of phenolic OH excluding ortho intramolecular Hbond substituents is 1. The Morgan fingerprint density at radius 1 is 1.06 bits per heavy atom. The van der Waals surface area contributed by atoms with Gasteiger partial charge in [-0.2, -0.15) is 0 Å². The van der Waals surface area contributed by atoms with Crippen molar-refractivity contribution in [2.24, 2.45) is 11.8 Å². The summed E-state index contributed by atoms with van der Waals surface area (Å²) in [5.41, 5.74) is 0.775. The van der Waals surface area contributed by atoms with Gasteiger partial charge in [0.05, 0.1) is 22.2 Å². The molecule has 9 nitrogen and oxygen atoms in total. The maximum absolute atomic E-state index is 12.9. The van der Waals surface area contributed by atoms with Crippen LogP contribution in [0.1, 0.15) is 41.6 Å². The van der Waals surface area contributed by atoms with E-state index < -0.39 is 18.6 Å². The van der Waals surface area contributed by atoms with E-state index in [1.54, 1.807) is 12.1 Å². The van der Waals surface area contributed by atoms with E-state index in [0.29, 0.717) is 17.4 Å². The van der Waals surface area contributed by atoms with Crippen LogP contribution in [0.4, 0.5) is 4.79 Å². The Hall–Kier alpha value is -3.17. The predicted octanol–water partition coefficient (Wildman–Crippen LogP) is 4.76. The summed E-state index contributed by atoms with van der Waals surface area (Å²) in [5, 5.41) is 24.4. The van der Waals surface area contributed by atoms with Gasteiger partial charge >= 0.3 is 12.1 Å². The predicted molar refractivity (Wildman–Crippen MR) is 132 cm³/mol. The molecule has 2 bridgehead atoms. The van der Waals surface area contributed by atoms with Gasteiger partial charge in [-0.15, -0.1) is 0 Å². The number of hydrogen-bond acceptors (Lipinski definition) is 6. The van der Waals surface area contributed by atoms with E-state index in [-0.39, 0.29) is 57.8 Å². The Bertz CT molecular complexity index is 1150. The van der Waals surface area contributed by atoms with Crippen molar-refractivity contribution in [2.45, 2.75) is 38.1 Å². The molecular weight excluding hydrogens is 511 g/mol. The zero-order valence-electron chi connectivity index (χ0n) is 19.3. The highest BCUT2D eigenvalue weighted by atomic mass is 35.5. The van der Waals surface area contributed by atoms with Gasteiger partial charge < -0.3 is 30.3 Å². The first kappa shape index (κ1) is 25.9. The number of phenols is 1. The normalized spacial score (nSPS) is 20.1. The standard InChI is InChI=1S/C25H26Cl2N2O7/c26-18-8-14(5-6-35-25(34)28-12-22(31)32)9-19(27)23(18)36-16-3-4-21(30)17(11-16)24(33)29-20-10-13-1-2-15(20)7-13/h3-4,8-9,11,13,15,20,30H,1-2,5-7,10,12H2,(H,28,34)(H,29,33)(H,31,32). The second-order valence-corrected chi connectivity index (χ2v) is 9.87. The summed E-state index contributed by atoms with van der Waals surface area (Å²) in [5.74, 6) is -0.0487. The molecule has 2 saturated carbocycles. The Labute approximate surface area is 217 Å². The molecule has 0 spiro atoms. The van der Waals surface area contributed by atoms with Crippen molar-refractivity contribution in [1.29, 1.82) is 0 Å². The molecule has 3 atom stereocenters. The first-order valence-electron chi connectivity index (χ1n) is 11.6. The van der Waals surface area contributed by atoms with Crippen molar-refractivity contribution < 1.29 is 34.1 Å². The first-order valence-corrected chi connectivity index (χ1v) is 12.4. The lowest BCUT2D eigenvalue weighted by Gasteiger charge is -2.23. The van der Waals surface area contributed by atoms with Crippen LogP contribution in [0, 0.1) is 11.8 Å². The Morgan fingerprint density at radius 3 is 2.44 bits per heavy atom. The number of ether oxygens (including phenoxy) is 2. The molecule has 2 aliphatic carbocycles. The molecule has 0 aliphatic heterocycles. The number of halogens is 2. The minimum atomic E-state index is -1.18. The quantitative estimate of drug-likeness (QED) is 0.362. The molecule has 0 saturated heterocycles. The number of amides is 2. The summed E-state index contributed by atoms with van der Waals surface area (Å²) >= 11 is 12.7. The van der Waals surface area contributed by atoms with Crippen LogP contribution in [0.3, 0.4) is 0 Å². The lowest BCUT2D eigenvalue weighted by molar-refractivity contribution is -0.135. The monoisotopic (exact) mass is 536 g/mol. The lowest BCUT2D eigenvalue weighted by Crippen LogP contribution is -2.38. The third kappa shape index (κ3) is 6.33. The number of nitrogens with one attached hydrogen (secondary N) is 2. The fraction of sp³-hybridized carbons (Fsp3) is 0.400. The molecule has 4 N–H and O–H groups in total. The van der Waals surface area contributed by atoms with Crippen LogP contribution >= 0.6 is 23.2 Å². The van der Waals surface area contributed by atoms with E-state index in [4.69, 9.17) is 37.8 Å². The average Bonchev–Trinajstić information content (AvgIpc) is 3.44. The summed E-state index contributed by atoms with van der Waals surface area (Å²) in [6.07, 6.45) is 3.91. The van der Waals surface area contributed by atoms with Crippen LogP contribution in [0.15, 0.2) is 30.3 Å². The smallest absolute Gasteiger partial charge is 0.407 e. The molecule has 2 aliphatic rings. The van der Waals surface area contributed by atoms with Crippen LogP contribution < -0.4 is 15.4 Å². The number of carboxylic acid groups (broad SMARTS) is 1. The number of carbonyl (C=O) groups excluding carboxylic acids is 2. The van der Waals surface area contributed by atoms with Gasteiger partial charge in [-0.3, -0.25) is 9.59 Å². The summed E-state index contributed by atoms with van der Waals surface area (Å²) < 4.78 is 10.8. The Balaban J connectivity index is 1.38. The molecule has 2 amide bonds. The SMILES string of the molecule is O=C(O)CNC(=O)OCCc1cc(Cl)c(Oc2ccc(O)c(C(=O)NC3CC4CCC3C4)c2)c(Cl)c1. The highest BCUT2D eigenvalue weighted by Gasteiger charge is 2.40. The number of aliphatic carboxylic acids is 1. The van der Waals surface area contributed by atoms with Gasteiger partial charge in [0.2, 0.25) is 0 Å². The van der Waals surface area contributed by atoms with E-state index in [0.717, 1.165) is 19.3 Å². The van der Waals surface area contributed by atoms with Gasteiger partial charge in [0.15, 0.2) is 5.75 Å². The minimum absolute atomic E-state index is 0.0165. The third-order valence-electron chi connectivity index (χ3n) is 6.55. The molecule has 0 aromatic heterocycles. The molecule has 0 radical (unpaired) electrons. The number of carboxylic acids is 1. The molecule has 2 aromatic carbocycles. The number of hydrogen-bond donors (Lipinski definition) is 4. The summed E-state index contributed by atoms with van der Waals surface area (Å²) in [7, 11) is 0. The van der Waals surface area contributed by atoms with Crippen molar-refractivity contribution in [2.75, 3.05) is 13.2 Å². The minimum Gasteiger partial charge on any atom is -0.507 e. The van der Waals surface area contributed by atoms with Gasteiger partial charge in [0, 0.05) is 12.5 Å². The van der Waals surface area contributed by atoms with Gasteiger partial charge in [0.1, 0.15) is 18.0 Å². The van der Waals surface area contributed by atoms with Crippen LogP contribution in [-0.4, -0.2) is 47.4 Å². The molecule has 36 heavy (non-hydrogen) atoms.